The van der Waals surface area contributed by atoms with Crippen molar-refractivity contribution in [2.45, 2.75) is 58.3 Å². The van der Waals surface area contributed by atoms with E-state index in [9.17, 15) is 9.59 Å². The van der Waals surface area contributed by atoms with Crippen LogP contribution in [0.15, 0.2) is 30.3 Å². The molecule has 0 bridgehead atoms. The predicted octanol–water partition coefficient (Wildman–Crippen LogP) is 4.02. The van der Waals surface area contributed by atoms with Gasteiger partial charge in [-0.3, -0.25) is 4.79 Å². The first-order valence-corrected chi connectivity index (χ1v) is 7.79. The van der Waals surface area contributed by atoms with Gasteiger partial charge in [0, 0.05) is 6.42 Å². The molecule has 0 aliphatic carbocycles. The lowest BCUT2D eigenvalue weighted by Crippen LogP contribution is -2.26. The summed E-state index contributed by atoms with van der Waals surface area (Å²) in [7, 11) is 0. The fourth-order valence-corrected chi connectivity index (χ4v) is 2.03. The van der Waals surface area contributed by atoms with Gasteiger partial charge < -0.3 is 4.84 Å². The van der Waals surface area contributed by atoms with Crippen LogP contribution in [0.1, 0.15) is 68.6 Å². The fourth-order valence-electron chi connectivity index (χ4n) is 2.03. The molecule has 1 N–H and O–H groups in total. The van der Waals surface area contributed by atoms with Gasteiger partial charge >= 0.3 is 5.97 Å². The van der Waals surface area contributed by atoms with E-state index >= 15 is 0 Å². The molecule has 0 spiro atoms. The Labute approximate surface area is 126 Å². The largest absolute Gasteiger partial charge is 0.362 e. The van der Waals surface area contributed by atoms with Crippen molar-refractivity contribution in [1.29, 1.82) is 0 Å². The van der Waals surface area contributed by atoms with Crippen molar-refractivity contribution in [3.63, 3.8) is 0 Å². The summed E-state index contributed by atoms with van der Waals surface area (Å²) in [6.45, 7) is 2.20. The standard InChI is InChI=1S/C17H25NO3/c1-2-3-4-5-6-7-11-14-16(19)18-21-17(20)15-12-9-8-10-13-15/h8-10,12-13H,2-7,11,14H2,1H3,(H,18,19). The molecular formula is C17H25NO3. The van der Waals surface area contributed by atoms with Gasteiger partial charge in [-0.2, -0.15) is 5.48 Å². The Morgan fingerprint density at radius 1 is 0.952 bits per heavy atom. The molecule has 0 fully saturated rings. The van der Waals surface area contributed by atoms with Crippen molar-refractivity contribution in [1.82, 2.24) is 5.48 Å². The first-order chi connectivity index (χ1) is 10.2. The molecule has 1 aromatic rings. The van der Waals surface area contributed by atoms with Crippen molar-refractivity contribution in [3.05, 3.63) is 35.9 Å². The van der Waals surface area contributed by atoms with E-state index in [2.05, 4.69) is 12.4 Å². The number of nitrogens with one attached hydrogen (secondary N) is 1. The highest BCUT2D eigenvalue weighted by atomic mass is 16.7. The lowest BCUT2D eigenvalue weighted by molar-refractivity contribution is -0.130. The number of hydrogen-bond acceptors (Lipinski definition) is 3. The molecule has 0 unspecified atom stereocenters. The van der Waals surface area contributed by atoms with Crippen molar-refractivity contribution in [3.8, 4) is 0 Å². The Bertz CT molecular complexity index is 417. The van der Waals surface area contributed by atoms with E-state index in [0.29, 0.717) is 12.0 Å². The maximum absolute atomic E-state index is 11.6. The van der Waals surface area contributed by atoms with Crippen LogP contribution in [0.4, 0.5) is 0 Å². The van der Waals surface area contributed by atoms with Crippen molar-refractivity contribution in [2.75, 3.05) is 0 Å². The van der Waals surface area contributed by atoms with Gasteiger partial charge in [0.2, 0.25) is 0 Å². The normalized spacial score (nSPS) is 10.1. The van der Waals surface area contributed by atoms with Crippen LogP contribution < -0.4 is 5.48 Å². The average molecular weight is 291 g/mol. The van der Waals surface area contributed by atoms with E-state index in [1.54, 1.807) is 24.3 Å². The summed E-state index contributed by atoms with van der Waals surface area (Å²) in [4.78, 5) is 27.9. The zero-order valence-electron chi connectivity index (χ0n) is 12.8. The summed E-state index contributed by atoms with van der Waals surface area (Å²) in [5.41, 5.74) is 2.63. The summed E-state index contributed by atoms with van der Waals surface area (Å²) < 4.78 is 0. The van der Waals surface area contributed by atoms with E-state index in [-0.39, 0.29) is 5.91 Å². The Kier molecular flexibility index (Phi) is 8.93. The van der Waals surface area contributed by atoms with E-state index in [1.807, 2.05) is 6.07 Å². The molecule has 0 aromatic heterocycles. The number of rotatable bonds is 9. The lowest BCUT2D eigenvalue weighted by atomic mass is 10.1. The highest BCUT2D eigenvalue weighted by Crippen LogP contribution is 2.08. The molecule has 116 valence electrons. The third kappa shape index (κ3) is 8.12. The third-order valence-electron chi connectivity index (χ3n) is 3.27. The highest BCUT2D eigenvalue weighted by Gasteiger charge is 2.08. The second-order valence-electron chi connectivity index (χ2n) is 5.15. The van der Waals surface area contributed by atoms with Crippen LogP contribution in [0.25, 0.3) is 0 Å². The SMILES string of the molecule is CCCCCCCCCC(=O)NOC(=O)c1ccccc1. The molecule has 0 aliphatic heterocycles. The molecule has 1 aromatic carbocycles. The first kappa shape index (κ1) is 17.2. The Morgan fingerprint density at radius 3 is 2.24 bits per heavy atom. The third-order valence-corrected chi connectivity index (χ3v) is 3.27. The second-order valence-corrected chi connectivity index (χ2v) is 5.15. The van der Waals surface area contributed by atoms with E-state index in [4.69, 9.17) is 4.84 Å². The number of hydroxylamine groups is 1. The van der Waals surface area contributed by atoms with Crippen LogP contribution in [0, 0.1) is 0 Å². The summed E-state index contributed by atoms with van der Waals surface area (Å²) in [5.74, 6) is -0.781. The number of carbonyl (C=O) groups is 2. The number of benzene rings is 1. The number of unbranched alkanes of at least 4 members (excludes halogenated alkanes) is 6. The van der Waals surface area contributed by atoms with Gasteiger partial charge in [-0.1, -0.05) is 63.6 Å². The van der Waals surface area contributed by atoms with Crippen LogP contribution in [0.3, 0.4) is 0 Å². The lowest BCUT2D eigenvalue weighted by Gasteiger charge is -2.05. The fraction of sp³-hybridized carbons (Fsp3) is 0.529. The maximum Gasteiger partial charge on any atom is 0.362 e. The Balaban J connectivity index is 2.05. The molecule has 4 nitrogen and oxygen atoms in total. The molecule has 0 atom stereocenters. The van der Waals surface area contributed by atoms with E-state index < -0.39 is 5.97 Å². The Hall–Kier alpha value is -1.84. The zero-order valence-corrected chi connectivity index (χ0v) is 12.8. The topological polar surface area (TPSA) is 55.4 Å². The second kappa shape index (κ2) is 10.9. The van der Waals surface area contributed by atoms with Gasteiger partial charge in [0.25, 0.3) is 5.91 Å². The van der Waals surface area contributed by atoms with Gasteiger partial charge in [-0.25, -0.2) is 4.79 Å². The number of amides is 1. The van der Waals surface area contributed by atoms with Crippen molar-refractivity contribution >= 4 is 11.9 Å². The van der Waals surface area contributed by atoms with Gasteiger partial charge in [-0.15, -0.1) is 0 Å². The summed E-state index contributed by atoms with van der Waals surface area (Å²) >= 11 is 0. The van der Waals surface area contributed by atoms with E-state index in [1.165, 1.54) is 25.7 Å². The van der Waals surface area contributed by atoms with Gasteiger partial charge in [0.1, 0.15) is 0 Å². The van der Waals surface area contributed by atoms with Gasteiger partial charge in [0.05, 0.1) is 5.56 Å². The minimum absolute atomic E-state index is 0.243. The summed E-state index contributed by atoms with van der Waals surface area (Å²) in [6.07, 6.45) is 8.48. The monoisotopic (exact) mass is 291 g/mol. The van der Waals surface area contributed by atoms with Crippen LogP contribution in [0.5, 0.6) is 0 Å². The van der Waals surface area contributed by atoms with Crippen molar-refractivity contribution < 1.29 is 14.4 Å². The predicted molar refractivity (Wildman–Crippen MR) is 82.6 cm³/mol. The minimum atomic E-state index is -0.538. The van der Waals surface area contributed by atoms with Crippen LogP contribution in [-0.2, 0) is 9.63 Å². The number of hydrogen-bond donors (Lipinski definition) is 1. The zero-order chi connectivity index (χ0) is 15.3. The van der Waals surface area contributed by atoms with Gasteiger partial charge in [-0.05, 0) is 18.6 Å². The summed E-state index contributed by atoms with van der Waals surface area (Å²) in [5, 5.41) is 0. The Morgan fingerprint density at radius 2 is 1.57 bits per heavy atom. The molecule has 21 heavy (non-hydrogen) atoms. The highest BCUT2D eigenvalue weighted by molar-refractivity contribution is 5.90. The molecule has 4 heteroatoms. The van der Waals surface area contributed by atoms with Crippen LogP contribution >= 0.6 is 0 Å². The first-order valence-electron chi connectivity index (χ1n) is 7.79. The van der Waals surface area contributed by atoms with Gasteiger partial charge in [0.15, 0.2) is 0 Å². The molecule has 1 amide bonds. The number of carbonyl (C=O) groups excluding carboxylic acids is 2. The smallest absolute Gasteiger partial charge is 0.335 e. The maximum atomic E-state index is 11.6. The molecule has 0 heterocycles. The molecule has 0 aliphatic rings. The van der Waals surface area contributed by atoms with Crippen LogP contribution in [-0.4, -0.2) is 11.9 Å². The van der Waals surface area contributed by atoms with Crippen molar-refractivity contribution in [2.24, 2.45) is 0 Å². The minimum Gasteiger partial charge on any atom is -0.335 e. The van der Waals surface area contributed by atoms with Crippen LogP contribution in [0.2, 0.25) is 0 Å². The molecule has 0 radical (unpaired) electrons. The average Bonchev–Trinajstić information content (AvgIpc) is 2.52. The summed E-state index contributed by atoms with van der Waals surface area (Å²) in [6, 6.07) is 8.60. The van der Waals surface area contributed by atoms with E-state index in [0.717, 1.165) is 19.3 Å². The molecular weight excluding hydrogens is 266 g/mol. The quantitative estimate of drug-likeness (QED) is 0.552. The molecule has 0 saturated heterocycles. The molecule has 0 saturated carbocycles. The molecule has 1 rings (SSSR count).